The van der Waals surface area contributed by atoms with E-state index in [9.17, 15) is 18.3 Å². The summed E-state index contributed by atoms with van der Waals surface area (Å²) in [4.78, 5) is 15.7. The largest absolute Gasteiger partial charge is 0.381 e. The molecular weight excluding hydrogens is 366 g/mol. The molecule has 0 aliphatic rings. The van der Waals surface area contributed by atoms with Crippen LogP contribution in [0.4, 0.5) is 11.4 Å². The zero-order chi connectivity index (χ0) is 18.8. The number of sulfonamides is 1. The Labute approximate surface area is 151 Å². The summed E-state index contributed by atoms with van der Waals surface area (Å²) in [5.74, 6) is -0.655. The number of carbonyl (C=O) groups excluding carboxylic acids is 1. The Morgan fingerprint density at radius 3 is 2.52 bits per heavy atom. The molecule has 0 saturated heterocycles. The van der Waals surface area contributed by atoms with Gasteiger partial charge in [-0.3, -0.25) is 14.1 Å². The predicted octanol–water partition coefficient (Wildman–Crippen LogP) is 2.27. The summed E-state index contributed by atoms with van der Waals surface area (Å²) in [5, 5.41) is 12.1. The molecule has 0 fully saturated rings. The number of aliphatic hydroxyl groups is 1. The van der Waals surface area contributed by atoms with Gasteiger partial charge in [-0.15, -0.1) is 0 Å². The van der Waals surface area contributed by atoms with Crippen molar-refractivity contribution in [2.24, 2.45) is 0 Å². The van der Waals surface area contributed by atoms with Gasteiger partial charge in [0.15, 0.2) is 0 Å². The number of amides is 1. The molecule has 1 aromatic carbocycles. The summed E-state index contributed by atoms with van der Waals surface area (Å²) >= 11 is 6.09. The fraction of sp³-hybridized carbons (Fsp3) is 0.250. The molecule has 2 aromatic rings. The summed E-state index contributed by atoms with van der Waals surface area (Å²) in [6.07, 6.45) is 2.97. The first kappa shape index (κ1) is 19.2. The molecule has 1 amide bonds. The molecule has 1 heterocycles. The number of benzene rings is 1. The molecule has 0 saturated carbocycles. The van der Waals surface area contributed by atoms with Crippen LogP contribution in [-0.4, -0.2) is 37.1 Å². The Morgan fingerprint density at radius 1 is 1.32 bits per heavy atom. The number of aromatic nitrogens is 1. The smallest absolute Gasteiger partial charge is 0.264 e. The average Bonchev–Trinajstić information content (AvgIpc) is 2.55. The van der Waals surface area contributed by atoms with Gasteiger partial charge in [-0.1, -0.05) is 11.6 Å². The molecule has 0 aliphatic heterocycles. The van der Waals surface area contributed by atoms with Crippen LogP contribution in [0, 0.1) is 0 Å². The van der Waals surface area contributed by atoms with E-state index in [1.165, 1.54) is 45.3 Å². The standard InChI is InChI=1S/C16H18ClN3O4S/c1-16(2,22)15(21)19-14-7-6-12(9-13(14)17)25(23,24)20(3)11-5-4-8-18-10-11/h4-10,22H,1-3H3,(H,19,21). The van der Waals surface area contributed by atoms with E-state index in [0.29, 0.717) is 5.69 Å². The van der Waals surface area contributed by atoms with Crippen molar-refractivity contribution in [2.45, 2.75) is 24.3 Å². The van der Waals surface area contributed by atoms with E-state index in [1.807, 2.05) is 0 Å². The van der Waals surface area contributed by atoms with Crippen molar-refractivity contribution in [3.63, 3.8) is 0 Å². The molecule has 0 atom stereocenters. The van der Waals surface area contributed by atoms with E-state index in [4.69, 9.17) is 11.6 Å². The normalized spacial score (nSPS) is 11.9. The molecule has 0 radical (unpaired) electrons. The second-order valence-electron chi connectivity index (χ2n) is 5.84. The van der Waals surface area contributed by atoms with Crippen molar-refractivity contribution in [1.82, 2.24) is 4.98 Å². The lowest BCUT2D eigenvalue weighted by Crippen LogP contribution is -2.36. The van der Waals surface area contributed by atoms with E-state index < -0.39 is 21.5 Å². The summed E-state index contributed by atoms with van der Waals surface area (Å²) in [7, 11) is -2.43. The third kappa shape index (κ3) is 4.28. The number of carbonyl (C=O) groups is 1. The second kappa shape index (κ2) is 6.99. The highest BCUT2D eigenvalue weighted by Gasteiger charge is 2.26. The summed E-state index contributed by atoms with van der Waals surface area (Å²) in [6.45, 7) is 2.66. The average molecular weight is 384 g/mol. The van der Waals surface area contributed by atoms with Crippen LogP contribution in [0.3, 0.4) is 0 Å². The molecule has 0 unspecified atom stereocenters. The highest BCUT2D eigenvalue weighted by molar-refractivity contribution is 7.92. The minimum Gasteiger partial charge on any atom is -0.381 e. The van der Waals surface area contributed by atoms with Crippen LogP contribution in [0.15, 0.2) is 47.6 Å². The number of anilines is 2. The Hall–Kier alpha value is -2.16. The molecule has 134 valence electrons. The molecule has 1 aromatic heterocycles. The van der Waals surface area contributed by atoms with Gasteiger partial charge in [-0.05, 0) is 44.2 Å². The predicted molar refractivity (Wildman–Crippen MR) is 96.2 cm³/mol. The first-order valence-corrected chi connectivity index (χ1v) is 9.07. The number of hydrogen-bond donors (Lipinski definition) is 2. The molecule has 25 heavy (non-hydrogen) atoms. The van der Waals surface area contributed by atoms with Gasteiger partial charge >= 0.3 is 0 Å². The van der Waals surface area contributed by atoms with Crippen LogP contribution in [0.2, 0.25) is 5.02 Å². The lowest BCUT2D eigenvalue weighted by Gasteiger charge is -2.20. The second-order valence-corrected chi connectivity index (χ2v) is 8.22. The maximum Gasteiger partial charge on any atom is 0.264 e. The van der Waals surface area contributed by atoms with E-state index in [1.54, 1.807) is 18.3 Å². The SMILES string of the molecule is CN(c1cccnc1)S(=O)(=O)c1ccc(NC(=O)C(C)(C)O)c(Cl)c1. The quantitative estimate of drug-likeness (QED) is 0.825. The van der Waals surface area contributed by atoms with Crippen LogP contribution < -0.4 is 9.62 Å². The lowest BCUT2D eigenvalue weighted by atomic mass is 10.1. The van der Waals surface area contributed by atoms with Gasteiger partial charge in [-0.25, -0.2) is 8.42 Å². The third-order valence-corrected chi connectivity index (χ3v) is 5.51. The van der Waals surface area contributed by atoms with Gasteiger partial charge in [0.05, 0.1) is 27.5 Å². The Balaban J connectivity index is 2.32. The van der Waals surface area contributed by atoms with E-state index in [0.717, 1.165) is 4.31 Å². The van der Waals surface area contributed by atoms with Gasteiger partial charge in [0.1, 0.15) is 5.60 Å². The van der Waals surface area contributed by atoms with Gasteiger partial charge in [0.25, 0.3) is 15.9 Å². The third-order valence-electron chi connectivity index (χ3n) is 3.41. The van der Waals surface area contributed by atoms with Gasteiger partial charge < -0.3 is 10.4 Å². The minimum absolute atomic E-state index is 0.0369. The van der Waals surface area contributed by atoms with E-state index >= 15 is 0 Å². The molecule has 9 heteroatoms. The molecule has 0 bridgehead atoms. The number of rotatable bonds is 5. The fourth-order valence-electron chi connectivity index (χ4n) is 1.87. The van der Waals surface area contributed by atoms with Crippen molar-refractivity contribution < 1.29 is 18.3 Å². The lowest BCUT2D eigenvalue weighted by molar-refractivity contribution is -0.130. The van der Waals surface area contributed by atoms with Crippen molar-refractivity contribution in [1.29, 1.82) is 0 Å². The minimum atomic E-state index is -3.84. The van der Waals surface area contributed by atoms with Crippen molar-refractivity contribution in [3.05, 3.63) is 47.7 Å². The first-order chi connectivity index (χ1) is 11.5. The van der Waals surface area contributed by atoms with Crippen molar-refractivity contribution >= 4 is 38.9 Å². The zero-order valence-corrected chi connectivity index (χ0v) is 15.5. The van der Waals surface area contributed by atoms with Crippen molar-refractivity contribution in [2.75, 3.05) is 16.7 Å². The highest BCUT2D eigenvalue weighted by atomic mass is 35.5. The van der Waals surface area contributed by atoms with Crippen LogP contribution in [0.25, 0.3) is 0 Å². The maximum absolute atomic E-state index is 12.7. The van der Waals surface area contributed by atoms with Crippen LogP contribution in [0.1, 0.15) is 13.8 Å². The monoisotopic (exact) mass is 383 g/mol. The number of nitrogens with zero attached hydrogens (tertiary/aromatic N) is 2. The van der Waals surface area contributed by atoms with Gasteiger partial charge in [0.2, 0.25) is 0 Å². The molecular formula is C16H18ClN3O4S. The Kier molecular flexibility index (Phi) is 5.36. The molecule has 2 rings (SSSR count). The van der Waals surface area contributed by atoms with Crippen molar-refractivity contribution in [3.8, 4) is 0 Å². The van der Waals surface area contributed by atoms with Crippen LogP contribution >= 0.6 is 11.6 Å². The molecule has 7 nitrogen and oxygen atoms in total. The first-order valence-electron chi connectivity index (χ1n) is 7.26. The zero-order valence-electron chi connectivity index (χ0n) is 13.9. The fourth-order valence-corrected chi connectivity index (χ4v) is 3.37. The Bertz CT molecular complexity index is 880. The van der Waals surface area contributed by atoms with Crippen LogP contribution in [-0.2, 0) is 14.8 Å². The highest BCUT2D eigenvalue weighted by Crippen LogP contribution is 2.28. The number of halogens is 1. The number of pyridine rings is 1. The summed E-state index contributed by atoms with van der Waals surface area (Å²) < 4.78 is 26.5. The Morgan fingerprint density at radius 2 is 2.00 bits per heavy atom. The van der Waals surface area contributed by atoms with Gasteiger partial charge in [-0.2, -0.15) is 0 Å². The summed E-state index contributed by atoms with van der Waals surface area (Å²) in [5.41, 5.74) is -0.982. The molecule has 0 spiro atoms. The number of hydrogen-bond acceptors (Lipinski definition) is 5. The van der Waals surface area contributed by atoms with E-state index in [2.05, 4.69) is 10.3 Å². The van der Waals surface area contributed by atoms with Gasteiger partial charge in [0, 0.05) is 13.2 Å². The molecule has 0 aliphatic carbocycles. The topological polar surface area (TPSA) is 99.6 Å². The van der Waals surface area contributed by atoms with E-state index in [-0.39, 0.29) is 15.6 Å². The maximum atomic E-state index is 12.7. The van der Waals surface area contributed by atoms with Crippen LogP contribution in [0.5, 0.6) is 0 Å². The summed E-state index contributed by atoms with van der Waals surface area (Å²) in [6, 6.07) is 7.18. The molecule has 2 N–H and O–H groups in total. The number of nitrogens with one attached hydrogen (secondary N) is 1.